The van der Waals surface area contributed by atoms with Crippen molar-refractivity contribution in [1.29, 1.82) is 0 Å². The van der Waals surface area contributed by atoms with Crippen LogP contribution in [0.4, 0.5) is 0 Å². The minimum atomic E-state index is -0.493. The van der Waals surface area contributed by atoms with E-state index >= 15 is 0 Å². The summed E-state index contributed by atoms with van der Waals surface area (Å²) in [6.45, 7) is 2.86. The highest BCUT2D eigenvalue weighted by molar-refractivity contribution is 5.91. The van der Waals surface area contributed by atoms with E-state index in [2.05, 4.69) is 4.74 Å². The number of hydrogen-bond donors (Lipinski definition) is 0. The van der Waals surface area contributed by atoms with E-state index < -0.39 is 11.9 Å². The van der Waals surface area contributed by atoms with E-state index in [9.17, 15) is 9.59 Å². The van der Waals surface area contributed by atoms with Crippen molar-refractivity contribution in [1.82, 2.24) is 0 Å². The van der Waals surface area contributed by atoms with Gasteiger partial charge in [0.25, 0.3) is 0 Å². The summed E-state index contributed by atoms with van der Waals surface area (Å²) in [7, 11) is 1.29. The number of hydrogen-bond acceptors (Lipinski definition) is 7. The maximum absolute atomic E-state index is 12.2. The molecule has 1 aliphatic rings. The first-order valence-corrected chi connectivity index (χ1v) is 8.76. The topological polar surface area (TPSA) is 84.2 Å². The van der Waals surface area contributed by atoms with Crippen LogP contribution in [0.1, 0.15) is 45.1 Å². The number of furan rings is 1. The Morgan fingerprint density at radius 3 is 2.63 bits per heavy atom. The highest BCUT2D eigenvalue weighted by atomic mass is 16.5. The van der Waals surface area contributed by atoms with Crippen LogP contribution in [0.25, 0.3) is 0 Å². The number of methoxy groups -OCH3 is 1. The monoisotopic (exact) mass is 374 g/mol. The summed E-state index contributed by atoms with van der Waals surface area (Å²) >= 11 is 0. The second-order valence-corrected chi connectivity index (χ2v) is 6.22. The number of esters is 2. The molecule has 1 aromatic heterocycles. The van der Waals surface area contributed by atoms with Crippen LogP contribution < -0.4 is 4.74 Å². The van der Waals surface area contributed by atoms with Crippen molar-refractivity contribution >= 4 is 11.9 Å². The van der Waals surface area contributed by atoms with Crippen molar-refractivity contribution in [2.45, 2.75) is 32.5 Å². The zero-order chi connectivity index (χ0) is 19.2. The zero-order valence-corrected chi connectivity index (χ0v) is 15.4. The molecule has 0 spiro atoms. The number of benzene rings is 1. The van der Waals surface area contributed by atoms with E-state index in [-0.39, 0.29) is 12.7 Å². The normalized spacial score (nSPS) is 16.1. The van der Waals surface area contributed by atoms with Gasteiger partial charge in [-0.2, -0.15) is 0 Å². The van der Waals surface area contributed by atoms with Gasteiger partial charge in [0.15, 0.2) is 0 Å². The Kier molecular flexibility index (Phi) is 6.13. The molecule has 1 aliphatic heterocycles. The third kappa shape index (κ3) is 4.89. The SMILES string of the molecule is COC(=O)c1cc(COC(=O)c2ccc(OC[C@H]3CCCO3)cc2)oc1C. The second-order valence-electron chi connectivity index (χ2n) is 6.22. The molecule has 2 aromatic rings. The number of aryl methyl sites for hydroxylation is 1. The van der Waals surface area contributed by atoms with E-state index in [1.807, 2.05) is 0 Å². The van der Waals surface area contributed by atoms with Crippen LogP contribution in [-0.2, 0) is 20.8 Å². The van der Waals surface area contributed by atoms with Crippen molar-refractivity contribution in [3.8, 4) is 5.75 Å². The maximum Gasteiger partial charge on any atom is 0.341 e. The van der Waals surface area contributed by atoms with Crippen LogP contribution >= 0.6 is 0 Å². The number of rotatable bonds is 7. The van der Waals surface area contributed by atoms with Gasteiger partial charge in [-0.25, -0.2) is 9.59 Å². The van der Waals surface area contributed by atoms with Crippen LogP contribution in [-0.4, -0.2) is 38.4 Å². The predicted octanol–water partition coefficient (Wildman–Crippen LogP) is 3.29. The smallest absolute Gasteiger partial charge is 0.341 e. The lowest BCUT2D eigenvalue weighted by Crippen LogP contribution is -2.16. The first-order chi connectivity index (χ1) is 13.1. The average Bonchev–Trinajstić information content (AvgIpc) is 3.33. The first kappa shape index (κ1) is 19.0. The van der Waals surface area contributed by atoms with Crippen LogP contribution in [0.2, 0.25) is 0 Å². The van der Waals surface area contributed by atoms with E-state index in [1.54, 1.807) is 31.2 Å². The van der Waals surface area contributed by atoms with Gasteiger partial charge < -0.3 is 23.4 Å². The van der Waals surface area contributed by atoms with Crippen molar-refractivity contribution in [3.05, 3.63) is 53.0 Å². The Balaban J connectivity index is 1.51. The van der Waals surface area contributed by atoms with Crippen LogP contribution in [0.5, 0.6) is 5.75 Å². The van der Waals surface area contributed by atoms with E-state index in [0.717, 1.165) is 19.4 Å². The van der Waals surface area contributed by atoms with Gasteiger partial charge >= 0.3 is 11.9 Å². The van der Waals surface area contributed by atoms with Crippen LogP contribution in [0, 0.1) is 6.92 Å². The van der Waals surface area contributed by atoms with Gasteiger partial charge in [-0.3, -0.25) is 0 Å². The number of carbonyl (C=O) groups excluding carboxylic acids is 2. The lowest BCUT2D eigenvalue weighted by Gasteiger charge is -2.11. The summed E-state index contributed by atoms with van der Waals surface area (Å²) in [5, 5.41) is 0. The molecule has 7 heteroatoms. The summed E-state index contributed by atoms with van der Waals surface area (Å²) in [6, 6.07) is 8.23. The van der Waals surface area contributed by atoms with Crippen molar-refractivity contribution in [2.24, 2.45) is 0 Å². The van der Waals surface area contributed by atoms with Gasteiger partial charge in [-0.1, -0.05) is 0 Å². The molecule has 0 amide bonds. The summed E-state index contributed by atoms with van der Waals surface area (Å²) in [5.41, 5.74) is 0.715. The van der Waals surface area contributed by atoms with Gasteiger partial charge in [0, 0.05) is 6.61 Å². The molecule has 27 heavy (non-hydrogen) atoms. The molecule has 0 radical (unpaired) electrons. The van der Waals surface area contributed by atoms with Crippen molar-refractivity contribution < 1.29 is 33.0 Å². The standard InChI is InChI=1S/C20H22O7/c1-13-18(20(22)23-2)10-17(27-13)12-26-19(21)14-5-7-15(8-6-14)25-11-16-4-3-9-24-16/h5-8,10,16H,3-4,9,11-12H2,1-2H3/t16-/m1/s1. The predicted molar refractivity (Wildman–Crippen MR) is 94.8 cm³/mol. The summed E-state index contributed by atoms with van der Waals surface area (Å²) in [4.78, 5) is 23.7. The largest absolute Gasteiger partial charge is 0.491 e. The molecular weight excluding hydrogens is 352 g/mol. The third-order valence-corrected chi connectivity index (χ3v) is 4.27. The summed E-state index contributed by atoms with van der Waals surface area (Å²) < 4.78 is 26.5. The van der Waals surface area contributed by atoms with E-state index in [4.69, 9.17) is 18.6 Å². The lowest BCUT2D eigenvalue weighted by molar-refractivity contribution is 0.0443. The molecule has 144 valence electrons. The number of carbonyl (C=O) groups is 2. The van der Waals surface area contributed by atoms with Crippen molar-refractivity contribution in [3.63, 3.8) is 0 Å². The highest BCUT2D eigenvalue weighted by Gasteiger charge is 2.18. The summed E-state index contributed by atoms with van der Waals surface area (Å²) in [5.74, 6) is 0.478. The fourth-order valence-corrected chi connectivity index (χ4v) is 2.80. The summed E-state index contributed by atoms with van der Waals surface area (Å²) in [6.07, 6.45) is 2.21. The molecule has 1 fully saturated rings. The Morgan fingerprint density at radius 1 is 1.19 bits per heavy atom. The van der Waals surface area contributed by atoms with Gasteiger partial charge in [-0.05, 0) is 50.1 Å². The Morgan fingerprint density at radius 2 is 1.96 bits per heavy atom. The molecule has 1 atom stereocenters. The fourth-order valence-electron chi connectivity index (χ4n) is 2.80. The van der Waals surface area contributed by atoms with Crippen LogP contribution in [0.3, 0.4) is 0 Å². The zero-order valence-electron chi connectivity index (χ0n) is 15.4. The minimum Gasteiger partial charge on any atom is -0.491 e. The Labute approximate surface area is 157 Å². The molecule has 0 saturated carbocycles. The molecule has 0 aliphatic carbocycles. The van der Waals surface area contributed by atoms with Gasteiger partial charge in [0.1, 0.15) is 36.0 Å². The number of ether oxygens (including phenoxy) is 4. The van der Waals surface area contributed by atoms with Gasteiger partial charge in [-0.15, -0.1) is 0 Å². The second kappa shape index (κ2) is 8.73. The average molecular weight is 374 g/mol. The molecular formula is C20H22O7. The Hall–Kier alpha value is -2.80. The van der Waals surface area contributed by atoms with E-state index in [0.29, 0.717) is 35.0 Å². The molecule has 0 bridgehead atoms. The third-order valence-electron chi connectivity index (χ3n) is 4.27. The molecule has 1 aromatic carbocycles. The maximum atomic E-state index is 12.2. The molecule has 2 heterocycles. The highest BCUT2D eigenvalue weighted by Crippen LogP contribution is 2.19. The first-order valence-electron chi connectivity index (χ1n) is 8.76. The molecule has 0 unspecified atom stereocenters. The molecule has 3 rings (SSSR count). The quantitative estimate of drug-likeness (QED) is 0.688. The Bertz CT molecular complexity index is 785. The van der Waals surface area contributed by atoms with E-state index in [1.165, 1.54) is 13.2 Å². The molecule has 1 saturated heterocycles. The fraction of sp³-hybridized carbons (Fsp3) is 0.400. The van der Waals surface area contributed by atoms with Gasteiger partial charge in [0.2, 0.25) is 0 Å². The van der Waals surface area contributed by atoms with Crippen LogP contribution in [0.15, 0.2) is 34.7 Å². The van der Waals surface area contributed by atoms with Gasteiger partial charge in [0.05, 0.1) is 18.8 Å². The lowest BCUT2D eigenvalue weighted by atomic mass is 10.2. The molecule has 7 nitrogen and oxygen atoms in total. The van der Waals surface area contributed by atoms with Crippen molar-refractivity contribution in [2.75, 3.05) is 20.3 Å². The minimum absolute atomic E-state index is 0.0755. The molecule has 0 N–H and O–H groups in total.